The van der Waals surface area contributed by atoms with Gasteiger partial charge in [-0.05, 0) is 11.8 Å². The van der Waals surface area contributed by atoms with Gasteiger partial charge in [-0.25, -0.2) is 0 Å². The lowest BCUT2D eigenvalue weighted by molar-refractivity contribution is 0.308. The summed E-state index contributed by atoms with van der Waals surface area (Å²) in [6.45, 7) is 4.73. The molecule has 0 bridgehead atoms. The maximum Gasteiger partial charge on any atom is -0.0443 e. The van der Waals surface area contributed by atoms with Gasteiger partial charge in [0, 0.05) is 0 Å². The molecule has 0 heterocycles. The summed E-state index contributed by atoms with van der Waals surface area (Å²) in [5, 5.41) is 0. The molecule has 0 unspecified atom stereocenters. The summed E-state index contributed by atoms with van der Waals surface area (Å²) < 4.78 is 0. The zero-order valence-corrected chi connectivity index (χ0v) is 7.48. The predicted molar refractivity (Wildman–Crippen MR) is 60.6 cm³/mol. The first-order chi connectivity index (χ1) is 3.79. The number of hydrogen-bond acceptors (Lipinski definition) is 0. The molecule has 0 nitrogen and oxygen atoms in total. The molecule has 0 aromatic carbocycles. The quantitative estimate of drug-likeness (QED) is 0.521. The molecule has 0 aliphatic heterocycles. The van der Waals surface area contributed by atoms with Crippen molar-refractivity contribution in [3.8, 4) is 0 Å². The maximum atomic E-state index is 2.37. The van der Waals surface area contributed by atoms with Gasteiger partial charge in [-0.1, -0.05) is 54.4 Å². The van der Waals surface area contributed by atoms with Gasteiger partial charge < -0.3 is 0 Å². The molecule has 1 aliphatic carbocycles. The second-order valence-corrected chi connectivity index (χ2v) is 3.37. The van der Waals surface area contributed by atoms with E-state index in [9.17, 15) is 0 Å². The third-order valence-electron chi connectivity index (χ3n) is 2.30. The van der Waals surface area contributed by atoms with Crippen molar-refractivity contribution in [2.45, 2.75) is 54.4 Å². The van der Waals surface area contributed by atoms with Crippen molar-refractivity contribution >= 4 is 13.5 Å². The van der Waals surface area contributed by atoms with Crippen LogP contribution >= 0.6 is 13.5 Å². The van der Waals surface area contributed by atoms with Crippen LogP contribution in [0.4, 0.5) is 0 Å². The second-order valence-electron chi connectivity index (χ2n) is 3.37. The summed E-state index contributed by atoms with van der Waals surface area (Å²) in [7, 11) is 0. The lowest BCUT2D eigenvalue weighted by atomic mass is 9.84. The standard InChI is InChI=1S/C8H16.2CH4.H2S/c1-7-3-5-8(2)6-4-7;;;/h7-8H,3-6H2,1-2H3;2*1H4;1H2. The van der Waals surface area contributed by atoms with E-state index in [4.69, 9.17) is 0 Å². The first-order valence-corrected chi connectivity index (χ1v) is 3.79. The molecule has 0 atom stereocenters. The Morgan fingerprint density at radius 2 is 0.909 bits per heavy atom. The molecule has 0 spiro atoms. The van der Waals surface area contributed by atoms with E-state index >= 15 is 0 Å². The maximum absolute atomic E-state index is 2.37. The van der Waals surface area contributed by atoms with Crippen LogP contribution in [0, 0.1) is 11.8 Å². The Hall–Kier alpha value is 0.350. The Morgan fingerprint density at radius 3 is 1.09 bits per heavy atom. The summed E-state index contributed by atoms with van der Waals surface area (Å²) in [6, 6.07) is 0. The SMILES string of the molecule is C.C.CC1CCC(C)CC1.S. The third-order valence-corrected chi connectivity index (χ3v) is 2.30. The van der Waals surface area contributed by atoms with Crippen molar-refractivity contribution in [2.75, 3.05) is 0 Å². The average molecular weight is 178 g/mol. The molecule has 0 amide bonds. The van der Waals surface area contributed by atoms with Crippen molar-refractivity contribution in [3.63, 3.8) is 0 Å². The highest BCUT2D eigenvalue weighted by Gasteiger charge is 2.13. The first kappa shape index (κ1) is 17.4. The van der Waals surface area contributed by atoms with E-state index in [-0.39, 0.29) is 28.3 Å². The molecule has 72 valence electrons. The molecule has 0 N–H and O–H groups in total. The Labute approximate surface area is 80.2 Å². The summed E-state index contributed by atoms with van der Waals surface area (Å²) in [4.78, 5) is 0. The van der Waals surface area contributed by atoms with Crippen LogP contribution in [0.15, 0.2) is 0 Å². The molecule has 0 aromatic rings. The topological polar surface area (TPSA) is 0 Å². The van der Waals surface area contributed by atoms with Crippen LogP contribution in [0.25, 0.3) is 0 Å². The van der Waals surface area contributed by atoms with Crippen molar-refractivity contribution in [3.05, 3.63) is 0 Å². The fraction of sp³-hybridized carbons (Fsp3) is 1.00. The van der Waals surface area contributed by atoms with Gasteiger partial charge in [0.15, 0.2) is 0 Å². The predicted octanol–water partition coefficient (Wildman–Crippen LogP) is 4.22. The van der Waals surface area contributed by atoms with Gasteiger partial charge in [0.1, 0.15) is 0 Å². The van der Waals surface area contributed by atoms with E-state index in [0.717, 1.165) is 11.8 Å². The molecule has 1 aliphatic rings. The Balaban J connectivity index is -0.000000213. The lowest BCUT2D eigenvalue weighted by Crippen LogP contribution is -2.08. The summed E-state index contributed by atoms with van der Waals surface area (Å²) >= 11 is 0. The van der Waals surface area contributed by atoms with Crippen molar-refractivity contribution in [1.29, 1.82) is 0 Å². The largest absolute Gasteiger partial charge is 0.197 e. The first-order valence-electron chi connectivity index (χ1n) is 3.79. The molecule has 11 heavy (non-hydrogen) atoms. The highest BCUT2D eigenvalue weighted by Crippen LogP contribution is 2.27. The van der Waals surface area contributed by atoms with Crippen molar-refractivity contribution in [2.24, 2.45) is 11.8 Å². The van der Waals surface area contributed by atoms with E-state index in [1.165, 1.54) is 25.7 Å². The van der Waals surface area contributed by atoms with Crippen LogP contribution < -0.4 is 0 Å². The number of rotatable bonds is 0. The van der Waals surface area contributed by atoms with Gasteiger partial charge >= 0.3 is 0 Å². The molecule has 0 saturated heterocycles. The van der Waals surface area contributed by atoms with Crippen LogP contribution in [0.2, 0.25) is 0 Å². The summed E-state index contributed by atoms with van der Waals surface area (Å²) in [6.07, 6.45) is 5.89. The zero-order chi connectivity index (χ0) is 5.98. The monoisotopic (exact) mass is 178 g/mol. The van der Waals surface area contributed by atoms with E-state index in [2.05, 4.69) is 13.8 Å². The van der Waals surface area contributed by atoms with E-state index in [1.807, 2.05) is 0 Å². The van der Waals surface area contributed by atoms with Gasteiger partial charge in [0.05, 0.1) is 0 Å². The second kappa shape index (κ2) is 8.45. The highest BCUT2D eigenvalue weighted by molar-refractivity contribution is 7.59. The van der Waals surface area contributed by atoms with Crippen LogP contribution in [0.1, 0.15) is 54.4 Å². The molecule has 1 fully saturated rings. The van der Waals surface area contributed by atoms with Gasteiger partial charge in [-0.3, -0.25) is 0 Å². The minimum absolute atomic E-state index is 0. The lowest BCUT2D eigenvalue weighted by Gasteiger charge is -2.22. The van der Waals surface area contributed by atoms with Gasteiger partial charge in [0.25, 0.3) is 0 Å². The molecule has 1 heteroatoms. The molecule has 0 radical (unpaired) electrons. The Morgan fingerprint density at radius 1 is 0.727 bits per heavy atom. The summed E-state index contributed by atoms with van der Waals surface area (Å²) in [5.74, 6) is 2.04. The van der Waals surface area contributed by atoms with E-state index in [1.54, 1.807) is 0 Å². The minimum Gasteiger partial charge on any atom is -0.197 e. The smallest absolute Gasteiger partial charge is 0.0443 e. The van der Waals surface area contributed by atoms with Crippen LogP contribution in [0.5, 0.6) is 0 Å². The molecule has 1 rings (SSSR count). The zero-order valence-electron chi connectivity index (χ0n) is 6.48. The Kier molecular flexibility index (Phi) is 13.4. The molecule has 0 aromatic heterocycles. The number of hydrogen-bond donors (Lipinski definition) is 0. The molecular weight excluding hydrogens is 152 g/mol. The van der Waals surface area contributed by atoms with Gasteiger partial charge in [-0.2, -0.15) is 13.5 Å². The van der Waals surface area contributed by atoms with Crippen molar-refractivity contribution in [1.82, 2.24) is 0 Å². The van der Waals surface area contributed by atoms with Crippen LogP contribution in [-0.4, -0.2) is 0 Å². The van der Waals surface area contributed by atoms with Gasteiger partial charge in [0.2, 0.25) is 0 Å². The average Bonchev–Trinajstić information content (AvgIpc) is 1.77. The normalized spacial score (nSPS) is 28.9. The summed E-state index contributed by atoms with van der Waals surface area (Å²) in [5.41, 5.74) is 0. The van der Waals surface area contributed by atoms with Crippen LogP contribution in [0.3, 0.4) is 0 Å². The third kappa shape index (κ3) is 6.74. The van der Waals surface area contributed by atoms with E-state index < -0.39 is 0 Å². The van der Waals surface area contributed by atoms with Crippen LogP contribution in [-0.2, 0) is 0 Å². The highest BCUT2D eigenvalue weighted by atomic mass is 32.1. The van der Waals surface area contributed by atoms with Gasteiger partial charge in [-0.15, -0.1) is 0 Å². The fourth-order valence-electron chi connectivity index (χ4n) is 1.43. The Bertz CT molecular complexity index is 53.3. The minimum atomic E-state index is 0. The molecule has 1 saturated carbocycles. The van der Waals surface area contributed by atoms with Crippen molar-refractivity contribution < 1.29 is 0 Å². The van der Waals surface area contributed by atoms with E-state index in [0.29, 0.717) is 0 Å². The fourth-order valence-corrected chi connectivity index (χ4v) is 1.43. The molecular formula is C10H26S.